The van der Waals surface area contributed by atoms with Gasteiger partial charge in [-0.15, -0.1) is 0 Å². The summed E-state index contributed by atoms with van der Waals surface area (Å²) in [7, 11) is 0. The summed E-state index contributed by atoms with van der Waals surface area (Å²) in [6.45, 7) is 3.52. The third kappa shape index (κ3) is 3.23. The quantitative estimate of drug-likeness (QED) is 0.574. The Bertz CT molecular complexity index is 437. The van der Waals surface area contributed by atoms with E-state index in [-0.39, 0.29) is 13.1 Å². The SMILES string of the molecule is CCN1CCN(C(=O)N[C@@H](C([NH])=O)[C@H](C)O)C(=O)C1=O. The smallest absolute Gasteiger partial charge is 0.325 e. The number of likely N-dealkylation sites (N-methyl/N-ethyl adjacent to an activating group) is 1. The highest BCUT2D eigenvalue weighted by atomic mass is 16.3. The van der Waals surface area contributed by atoms with Crippen LogP contribution >= 0.6 is 0 Å². The minimum atomic E-state index is -1.44. The van der Waals surface area contributed by atoms with Crippen LogP contribution in [-0.4, -0.2) is 70.4 Å². The molecule has 0 aromatic rings. The molecule has 9 heteroatoms. The second kappa shape index (κ2) is 6.33. The molecule has 1 saturated heterocycles. The zero-order valence-electron chi connectivity index (χ0n) is 11.3. The van der Waals surface area contributed by atoms with Crippen LogP contribution in [0.4, 0.5) is 4.79 Å². The minimum absolute atomic E-state index is 0.00294. The molecule has 111 valence electrons. The first-order valence-electron chi connectivity index (χ1n) is 6.14. The lowest BCUT2D eigenvalue weighted by atomic mass is 10.2. The summed E-state index contributed by atoms with van der Waals surface area (Å²) in [4.78, 5) is 48.1. The van der Waals surface area contributed by atoms with Gasteiger partial charge in [-0.2, -0.15) is 0 Å². The summed E-state index contributed by atoms with van der Waals surface area (Å²) in [6, 6.07) is -2.40. The van der Waals surface area contributed by atoms with Crippen LogP contribution in [0.25, 0.3) is 0 Å². The number of imide groups is 1. The number of urea groups is 1. The second-order valence-corrected chi connectivity index (χ2v) is 4.37. The number of hydrogen-bond acceptors (Lipinski definition) is 5. The number of nitrogens with one attached hydrogen (secondary N) is 2. The summed E-state index contributed by atoms with van der Waals surface area (Å²) in [6.07, 6.45) is -1.27. The molecule has 1 fully saturated rings. The fraction of sp³-hybridized carbons (Fsp3) is 0.636. The number of aliphatic hydroxyl groups excluding tert-OH is 1. The van der Waals surface area contributed by atoms with Crippen LogP contribution in [-0.2, 0) is 14.4 Å². The van der Waals surface area contributed by atoms with E-state index >= 15 is 0 Å². The third-order valence-electron chi connectivity index (χ3n) is 2.98. The van der Waals surface area contributed by atoms with Crippen molar-refractivity contribution in [2.45, 2.75) is 26.0 Å². The van der Waals surface area contributed by atoms with Crippen LogP contribution in [0, 0.1) is 0 Å². The van der Waals surface area contributed by atoms with E-state index in [1.165, 1.54) is 11.8 Å². The van der Waals surface area contributed by atoms with Crippen LogP contribution < -0.4 is 11.1 Å². The molecule has 0 aromatic carbocycles. The van der Waals surface area contributed by atoms with Crippen molar-refractivity contribution in [2.75, 3.05) is 19.6 Å². The monoisotopic (exact) mass is 285 g/mol. The van der Waals surface area contributed by atoms with Gasteiger partial charge in [0, 0.05) is 19.6 Å². The summed E-state index contributed by atoms with van der Waals surface area (Å²) in [5, 5.41) is 11.4. The summed E-state index contributed by atoms with van der Waals surface area (Å²) in [5.41, 5.74) is 6.93. The first-order valence-corrected chi connectivity index (χ1v) is 6.14. The summed E-state index contributed by atoms with van der Waals surface area (Å²) in [5.74, 6) is -2.96. The lowest BCUT2D eigenvalue weighted by Gasteiger charge is -2.32. The molecular weight excluding hydrogens is 268 g/mol. The van der Waals surface area contributed by atoms with E-state index in [0.717, 1.165) is 0 Å². The molecule has 1 heterocycles. The fourth-order valence-corrected chi connectivity index (χ4v) is 1.79. The Morgan fingerprint density at radius 1 is 1.35 bits per heavy atom. The molecule has 0 unspecified atom stereocenters. The Labute approximate surface area is 115 Å². The molecule has 1 aliphatic heterocycles. The van der Waals surface area contributed by atoms with Gasteiger partial charge in [0.1, 0.15) is 6.04 Å². The first-order chi connectivity index (χ1) is 9.29. The lowest BCUT2D eigenvalue weighted by molar-refractivity contribution is -0.153. The Hall–Kier alpha value is -2.16. The number of rotatable bonds is 4. The molecule has 0 bridgehead atoms. The molecule has 1 radical (unpaired) electrons. The molecule has 0 aliphatic carbocycles. The van der Waals surface area contributed by atoms with Crippen molar-refractivity contribution >= 4 is 23.8 Å². The largest absolute Gasteiger partial charge is 0.391 e. The van der Waals surface area contributed by atoms with E-state index in [0.29, 0.717) is 11.4 Å². The standard InChI is InChI=1S/C11H17N4O5/c1-3-14-4-5-15(10(19)9(14)18)11(20)13-7(6(2)16)8(12)17/h6-7,12,16H,3-5H2,1-2H3,(H,13,20)/t6-,7+/m0/s1. The summed E-state index contributed by atoms with van der Waals surface area (Å²) >= 11 is 0. The number of nitrogens with zero attached hydrogens (tertiary/aromatic N) is 2. The second-order valence-electron chi connectivity index (χ2n) is 4.37. The number of amides is 5. The number of piperazine rings is 1. The molecule has 3 N–H and O–H groups in total. The highest BCUT2D eigenvalue weighted by molar-refractivity contribution is 6.38. The maximum absolute atomic E-state index is 11.8. The van der Waals surface area contributed by atoms with Gasteiger partial charge in [-0.3, -0.25) is 25.0 Å². The Kier molecular flexibility index (Phi) is 5.03. The lowest BCUT2D eigenvalue weighted by Crippen LogP contribution is -2.61. The van der Waals surface area contributed by atoms with Crippen LogP contribution in [0.3, 0.4) is 0 Å². The Balaban J connectivity index is 2.76. The number of hydrogen-bond donors (Lipinski definition) is 2. The van der Waals surface area contributed by atoms with E-state index in [4.69, 9.17) is 5.73 Å². The molecule has 9 nitrogen and oxygen atoms in total. The van der Waals surface area contributed by atoms with Gasteiger partial charge in [-0.25, -0.2) is 4.79 Å². The van der Waals surface area contributed by atoms with Crippen molar-refractivity contribution in [3.8, 4) is 0 Å². The Morgan fingerprint density at radius 2 is 1.95 bits per heavy atom. The van der Waals surface area contributed by atoms with Crippen molar-refractivity contribution in [3.63, 3.8) is 0 Å². The van der Waals surface area contributed by atoms with Crippen molar-refractivity contribution in [1.29, 1.82) is 0 Å². The fourth-order valence-electron chi connectivity index (χ4n) is 1.79. The maximum Gasteiger partial charge on any atom is 0.325 e. The van der Waals surface area contributed by atoms with Crippen molar-refractivity contribution in [3.05, 3.63) is 0 Å². The number of aliphatic hydroxyl groups is 1. The maximum atomic E-state index is 11.8. The molecule has 2 atom stereocenters. The zero-order chi connectivity index (χ0) is 15.4. The predicted molar refractivity (Wildman–Crippen MR) is 66.1 cm³/mol. The first kappa shape index (κ1) is 15.9. The van der Waals surface area contributed by atoms with Gasteiger partial charge in [0.25, 0.3) is 5.91 Å². The van der Waals surface area contributed by atoms with Gasteiger partial charge in [0.2, 0.25) is 0 Å². The van der Waals surface area contributed by atoms with Crippen LogP contribution in [0.2, 0.25) is 0 Å². The predicted octanol–water partition coefficient (Wildman–Crippen LogP) is -2.05. The topological polar surface area (TPSA) is 131 Å². The van der Waals surface area contributed by atoms with Crippen LogP contribution in [0.15, 0.2) is 0 Å². The van der Waals surface area contributed by atoms with Gasteiger partial charge >= 0.3 is 17.8 Å². The zero-order valence-corrected chi connectivity index (χ0v) is 11.3. The molecule has 0 spiro atoms. The van der Waals surface area contributed by atoms with Crippen LogP contribution in [0.1, 0.15) is 13.8 Å². The molecule has 5 amide bonds. The van der Waals surface area contributed by atoms with Gasteiger partial charge in [-0.1, -0.05) is 0 Å². The summed E-state index contributed by atoms with van der Waals surface area (Å²) < 4.78 is 0. The average Bonchev–Trinajstić information content (AvgIpc) is 2.38. The van der Waals surface area contributed by atoms with Crippen molar-refractivity contribution in [2.24, 2.45) is 0 Å². The number of carbonyl (C=O) groups excluding carboxylic acids is 4. The van der Waals surface area contributed by atoms with Crippen molar-refractivity contribution in [1.82, 2.24) is 20.9 Å². The molecule has 0 saturated carbocycles. The molecule has 1 aliphatic rings. The van der Waals surface area contributed by atoms with Gasteiger partial charge in [0.15, 0.2) is 0 Å². The van der Waals surface area contributed by atoms with Crippen LogP contribution in [0.5, 0.6) is 0 Å². The van der Waals surface area contributed by atoms with E-state index in [2.05, 4.69) is 5.32 Å². The van der Waals surface area contributed by atoms with Crippen molar-refractivity contribution < 1.29 is 24.3 Å². The highest BCUT2D eigenvalue weighted by Crippen LogP contribution is 2.06. The molecule has 0 aromatic heterocycles. The van der Waals surface area contributed by atoms with Gasteiger partial charge in [0.05, 0.1) is 6.10 Å². The normalized spacial score (nSPS) is 18.8. The number of carbonyl (C=O) groups is 4. The van der Waals surface area contributed by atoms with E-state index < -0.39 is 35.9 Å². The van der Waals surface area contributed by atoms with Gasteiger partial charge in [-0.05, 0) is 13.8 Å². The third-order valence-corrected chi connectivity index (χ3v) is 2.98. The molecular formula is C11H17N4O5. The highest BCUT2D eigenvalue weighted by Gasteiger charge is 2.37. The van der Waals surface area contributed by atoms with E-state index in [1.807, 2.05) is 0 Å². The van der Waals surface area contributed by atoms with E-state index in [1.54, 1.807) is 6.92 Å². The average molecular weight is 285 g/mol. The van der Waals surface area contributed by atoms with E-state index in [9.17, 15) is 24.3 Å². The minimum Gasteiger partial charge on any atom is -0.391 e. The molecule has 20 heavy (non-hydrogen) atoms. The van der Waals surface area contributed by atoms with Gasteiger partial charge < -0.3 is 15.3 Å². The molecule has 1 rings (SSSR count). The Morgan fingerprint density at radius 3 is 2.40 bits per heavy atom.